The van der Waals surface area contributed by atoms with Crippen LogP contribution in [0, 0.1) is 18.6 Å². The minimum absolute atomic E-state index is 0.0247. The van der Waals surface area contributed by atoms with Gasteiger partial charge in [-0.3, -0.25) is 0 Å². The van der Waals surface area contributed by atoms with Crippen molar-refractivity contribution in [1.29, 1.82) is 0 Å². The summed E-state index contributed by atoms with van der Waals surface area (Å²) in [5.74, 6) is -2.82. The molecule has 0 radical (unpaired) electrons. The predicted molar refractivity (Wildman–Crippen MR) is 139 cm³/mol. The molecule has 0 saturated heterocycles. The largest absolute Gasteiger partial charge is 0.486 e. The molecule has 3 heterocycles. The maximum Gasteiger partial charge on any atom is 0.410 e. The van der Waals surface area contributed by atoms with Gasteiger partial charge in [0.15, 0.2) is 23.1 Å². The van der Waals surface area contributed by atoms with Crippen molar-refractivity contribution >= 4 is 17.1 Å². The van der Waals surface area contributed by atoms with E-state index in [1.165, 1.54) is 23.6 Å². The van der Waals surface area contributed by atoms with E-state index in [2.05, 4.69) is 19.7 Å². The Morgan fingerprint density at radius 3 is 2.43 bits per heavy atom. The first-order valence-corrected chi connectivity index (χ1v) is 12.2. The molecule has 216 valence electrons. The summed E-state index contributed by atoms with van der Waals surface area (Å²) in [4.78, 5) is 23.1. The van der Waals surface area contributed by atoms with E-state index in [-0.39, 0.29) is 51.8 Å². The fraction of sp³-hybridized carbons (Fsp3) is 0.143. The van der Waals surface area contributed by atoms with Crippen molar-refractivity contribution in [2.24, 2.45) is 5.73 Å². The molecule has 2 aromatic carbocycles. The van der Waals surface area contributed by atoms with E-state index in [1.807, 2.05) is 6.07 Å². The summed E-state index contributed by atoms with van der Waals surface area (Å²) in [6.45, 7) is 1.58. The van der Waals surface area contributed by atoms with E-state index in [0.29, 0.717) is 0 Å². The first-order valence-electron chi connectivity index (χ1n) is 12.2. The minimum atomic E-state index is -3.51. The third-order valence-corrected chi connectivity index (χ3v) is 6.04. The first-order chi connectivity index (χ1) is 20.1. The van der Waals surface area contributed by atoms with Crippen LogP contribution in [-0.2, 0) is 6.61 Å². The Hall–Kier alpha value is -5.27. The van der Waals surface area contributed by atoms with Crippen LogP contribution in [0.1, 0.15) is 11.1 Å². The standard InChI is InChI=1S/C28H20F5N5O4/c1-14-21-24(27(37-13-36-21)42-26(33)25(31)32)38(23(14)22-19(30)10-17(11-35-22)41-28(34)39)16-7-8-20(18(29)9-16)40-12-15-5-3-2-4-6-15/h2-11,13,25-26H,12H2,1H3,(H2,34,39). The fourth-order valence-electron chi connectivity index (χ4n) is 4.26. The number of pyridine rings is 1. The van der Waals surface area contributed by atoms with Crippen molar-refractivity contribution in [3.05, 3.63) is 89.9 Å². The molecule has 0 aliphatic carbocycles. The highest BCUT2D eigenvalue weighted by atomic mass is 19.3. The molecule has 0 bridgehead atoms. The highest BCUT2D eigenvalue weighted by Crippen LogP contribution is 2.40. The van der Waals surface area contributed by atoms with Crippen molar-refractivity contribution in [3.8, 4) is 34.5 Å². The number of benzene rings is 2. The lowest BCUT2D eigenvalue weighted by molar-refractivity contribution is -0.0683. The van der Waals surface area contributed by atoms with Crippen molar-refractivity contribution in [2.45, 2.75) is 26.3 Å². The molecule has 1 atom stereocenters. The highest BCUT2D eigenvalue weighted by Gasteiger charge is 2.29. The number of halogens is 5. The third kappa shape index (κ3) is 5.64. The number of hydrogen-bond acceptors (Lipinski definition) is 7. The second-order valence-corrected chi connectivity index (χ2v) is 8.80. The summed E-state index contributed by atoms with van der Waals surface area (Å²) < 4.78 is 87.1. The fourth-order valence-corrected chi connectivity index (χ4v) is 4.26. The summed E-state index contributed by atoms with van der Waals surface area (Å²) in [6, 6.07) is 13.6. The number of nitrogens with two attached hydrogens (primary N) is 1. The van der Waals surface area contributed by atoms with Gasteiger partial charge in [0, 0.05) is 23.4 Å². The van der Waals surface area contributed by atoms with Gasteiger partial charge in [-0.15, -0.1) is 0 Å². The average Bonchev–Trinajstić information content (AvgIpc) is 3.25. The molecule has 1 unspecified atom stereocenters. The molecule has 3 aromatic heterocycles. The number of aromatic nitrogens is 4. The lowest BCUT2D eigenvalue weighted by atomic mass is 10.1. The number of rotatable bonds is 9. The van der Waals surface area contributed by atoms with Crippen molar-refractivity contribution in [3.63, 3.8) is 0 Å². The number of carbonyl (C=O) groups excluding carboxylic acids is 1. The number of primary amides is 1. The van der Waals surface area contributed by atoms with Gasteiger partial charge in [-0.05, 0) is 24.6 Å². The number of amides is 1. The lowest BCUT2D eigenvalue weighted by Crippen LogP contribution is -2.20. The van der Waals surface area contributed by atoms with Gasteiger partial charge in [-0.1, -0.05) is 30.3 Å². The molecule has 14 heteroatoms. The molecule has 9 nitrogen and oxygen atoms in total. The Morgan fingerprint density at radius 2 is 1.76 bits per heavy atom. The molecule has 2 N–H and O–H groups in total. The van der Waals surface area contributed by atoms with Gasteiger partial charge < -0.3 is 24.5 Å². The number of alkyl halides is 3. The Morgan fingerprint density at radius 1 is 1.00 bits per heavy atom. The Labute approximate surface area is 234 Å². The van der Waals surface area contributed by atoms with Gasteiger partial charge in [0.2, 0.25) is 5.88 Å². The normalized spacial score (nSPS) is 12.0. The van der Waals surface area contributed by atoms with Gasteiger partial charge in [-0.25, -0.2) is 32.3 Å². The van der Waals surface area contributed by atoms with Gasteiger partial charge >= 0.3 is 12.5 Å². The van der Waals surface area contributed by atoms with Gasteiger partial charge in [0.25, 0.3) is 6.36 Å². The molecule has 1 amide bonds. The molecular formula is C28H20F5N5O4. The molecule has 0 aliphatic rings. The first kappa shape index (κ1) is 28.3. The average molecular weight is 585 g/mol. The number of aryl methyl sites for hydroxylation is 1. The highest BCUT2D eigenvalue weighted by molar-refractivity contribution is 5.93. The molecule has 5 rings (SSSR count). The van der Waals surface area contributed by atoms with E-state index < -0.39 is 36.4 Å². The molecule has 0 spiro atoms. The molecule has 0 fully saturated rings. The maximum absolute atomic E-state index is 15.4. The summed E-state index contributed by atoms with van der Waals surface area (Å²) in [7, 11) is 0. The molecule has 42 heavy (non-hydrogen) atoms. The van der Waals surface area contributed by atoms with Gasteiger partial charge in [-0.2, -0.15) is 9.37 Å². The van der Waals surface area contributed by atoms with Crippen LogP contribution in [-0.4, -0.2) is 38.4 Å². The van der Waals surface area contributed by atoms with Crippen LogP contribution in [0.15, 0.2) is 67.1 Å². The van der Waals surface area contributed by atoms with E-state index in [4.69, 9.17) is 15.2 Å². The van der Waals surface area contributed by atoms with Crippen molar-refractivity contribution in [2.75, 3.05) is 0 Å². The van der Waals surface area contributed by atoms with E-state index >= 15 is 8.78 Å². The third-order valence-electron chi connectivity index (χ3n) is 6.04. The van der Waals surface area contributed by atoms with E-state index in [0.717, 1.165) is 30.2 Å². The topological polar surface area (TPSA) is 114 Å². The Balaban J connectivity index is 1.68. The van der Waals surface area contributed by atoms with Crippen LogP contribution in [0.25, 0.3) is 28.1 Å². The van der Waals surface area contributed by atoms with Crippen molar-refractivity contribution in [1.82, 2.24) is 19.5 Å². The number of hydrogen-bond donors (Lipinski definition) is 1. The molecule has 0 saturated carbocycles. The summed E-state index contributed by atoms with van der Waals surface area (Å²) in [5.41, 5.74) is 5.58. The summed E-state index contributed by atoms with van der Waals surface area (Å²) in [5, 5.41) is 0. The Kier molecular flexibility index (Phi) is 7.86. The molecular weight excluding hydrogens is 565 g/mol. The molecule has 5 aromatic rings. The monoisotopic (exact) mass is 585 g/mol. The summed E-state index contributed by atoms with van der Waals surface area (Å²) in [6.07, 6.45) is -5.79. The van der Waals surface area contributed by atoms with Crippen molar-refractivity contribution < 1.29 is 41.0 Å². The quantitative estimate of drug-likeness (QED) is 0.210. The van der Waals surface area contributed by atoms with Crippen LogP contribution in [0.5, 0.6) is 17.4 Å². The van der Waals surface area contributed by atoms with Gasteiger partial charge in [0.1, 0.15) is 24.1 Å². The second kappa shape index (κ2) is 11.7. The molecule has 0 aliphatic heterocycles. The smallest absolute Gasteiger partial charge is 0.410 e. The number of ether oxygens (including phenoxy) is 3. The van der Waals surface area contributed by atoms with Crippen LogP contribution in [0.4, 0.5) is 26.7 Å². The zero-order chi connectivity index (χ0) is 30.0. The second-order valence-electron chi connectivity index (χ2n) is 8.80. The number of fused-ring (bicyclic) bond motifs is 1. The van der Waals surface area contributed by atoms with Crippen LogP contribution in [0.2, 0.25) is 0 Å². The minimum Gasteiger partial charge on any atom is -0.486 e. The SMILES string of the molecule is Cc1c(-c2ncc(OC(N)=O)cc2F)n(-c2ccc(OCc3ccccc3)c(F)c2)c2c(OC(F)C(F)F)ncnc12. The van der Waals surface area contributed by atoms with Crippen LogP contribution < -0.4 is 19.9 Å². The summed E-state index contributed by atoms with van der Waals surface area (Å²) >= 11 is 0. The van der Waals surface area contributed by atoms with E-state index in [9.17, 15) is 18.0 Å². The lowest BCUT2D eigenvalue weighted by Gasteiger charge is -2.16. The number of carbonyl (C=O) groups is 1. The Bertz CT molecular complexity index is 1770. The van der Waals surface area contributed by atoms with E-state index in [1.54, 1.807) is 24.3 Å². The zero-order valence-electron chi connectivity index (χ0n) is 21.6. The van der Waals surface area contributed by atoms with Crippen LogP contribution >= 0.6 is 0 Å². The predicted octanol–water partition coefficient (Wildman–Crippen LogP) is 6.05. The number of nitrogens with zero attached hydrogens (tertiary/aromatic N) is 4. The maximum atomic E-state index is 15.4. The van der Waals surface area contributed by atoms with Crippen LogP contribution in [0.3, 0.4) is 0 Å². The zero-order valence-corrected chi connectivity index (χ0v) is 21.6. The van der Waals surface area contributed by atoms with Gasteiger partial charge in [0.05, 0.1) is 17.4 Å².